The molecule has 0 N–H and O–H groups in total. The number of carbonyl (C=O) groups is 2. The summed E-state index contributed by atoms with van der Waals surface area (Å²) < 4.78 is 33.5. The second-order valence-corrected chi connectivity index (χ2v) is 11.5. The van der Waals surface area contributed by atoms with Gasteiger partial charge in [0.25, 0.3) is 5.91 Å². The maximum Gasteiger partial charge on any atom is 0.340 e. The molecule has 1 amide bonds. The zero-order chi connectivity index (χ0) is 26.6. The standard InChI is InChI=1S/C28H30N2O5S2/c1-4-17-29(18-5-2)37(33,34)23-15-13-20(14-16-23)26(31)30(21-9-8-10-22(19-21)36-3)27-24-11-6-7-12-25(24)28(32)35-27/h6-16,19,27H,4-5,17-18H2,1-3H3/t27-/m0/s1. The summed E-state index contributed by atoms with van der Waals surface area (Å²) in [4.78, 5) is 29.0. The fraction of sp³-hybridized carbons (Fsp3) is 0.286. The van der Waals surface area contributed by atoms with Crippen LogP contribution in [-0.2, 0) is 14.8 Å². The van der Waals surface area contributed by atoms with Gasteiger partial charge in [0.2, 0.25) is 16.3 Å². The van der Waals surface area contributed by atoms with E-state index in [0.717, 1.165) is 4.90 Å². The third-order valence-corrected chi connectivity index (χ3v) is 8.77. The summed E-state index contributed by atoms with van der Waals surface area (Å²) in [6, 6.07) is 20.4. The quantitative estimate of drug-likeness (QED) is 0.242. The van der Waals surface area contributed by atoms with Gasteiger partial charge in [-0.2, -0.15) is 4.31 Å². The minimum Gasteiger partial charge on any atom is -0.433 e. The number of carbonyl (C=O) groups excluding carboxylic acids is 2. The summed E-state index contributed by atoms with van der Waals surface area (Å²) in [6.45, 7) is 4.74. The van der Waals surface area contributed by atoms with Crippen LogP contribution in [0.5, 0.6) is 0 Å². The number of ether oxygens (including phenoxy) is 1. The molecule has 3 aromatic rings. The maximum atomic E-state index is 13.9. The van der Waals surface area contributed by atoms with Crippen LogP contribution in [0.1, 0.15) is 59.2 Å². The molecule has 0 unspecified atom stereocenters. The van der Waals surface area contributed by atoms with E-state index in [2.05, 4.69) is 0 Å². The van der Waals surface area contributed by atoms with Crippen LogP contribution in [-0.4, -0.2) is 43.9 Å². The number of nitrogens with zero attached hydrogens (tertiary/aromatic N) is 2. The van der Waals surface area contributed by atoms with Crippen LogP contribution in [0, 0.1) is 0 Å². The van der Waals surface area contributed by atoms with Crippen molar-refractivity contribution in [2.24, 2.45) is 0 Å². The summed E-state index contributed by atoms with van der Waals surface area (Å²) in [5.74, 6) is -0.900. The Morgan fingerprint density at radius 3 is 2.27 bits per heavy atom. The maximum absolute atomic E-state index is 13.9. The molecule has 0 aromatic heterocycles. The molecule has 0 fully saturated rings. The number of hydrogen-bond acceptors (Lipinski definition) is 6. The Morgan fingerprint density at radius 2 is 1.62 bits per heavy atom. The van der Waals surface area contributed by atoms with Crippen molar-refractivity contribution in [3.8, 4) is 0 Å². The minimum absolute atomic E-state index is 0.138. The second kappa shape index (κ2) is 11.5. The van der Waals surface area contributed by atoms with Crippen LogP contribution < -0.4 is 4.90 Å². The van der Waals surface area contributed by atoms with Gasteiger partial charge >= 0.3 is 5.97 Å². The van der Waals surface area contributed by atoms with Gasteiger partial charge in [0.15, 0.2) is 0 Å². The topological polar surface area (TPSA) is 84.0 Å². The van der Waals surface area contributed by atoms with Gasteiger partial charge in [0.1, 0.15) is 0 Å². The van der Waals surface area contributed by atoms with E-state index in [-0.39, 0.29) is 10.5 Å². The number of thioether (sulfide) groups is 1. The molecule has 0 spiro atoms. The molecule has 0 bridgehead atoms. The number of anilines is 1. The second-order valence-electron chi connectivity index (χ2n) is 8.65. The average molecular weight is 539 g/mol. The number of sulfonamides is 1. The van der Waals surface area contributed by atoms with Crippen LogP contribution in [0.2, 0.25) is 0 Å². The monoisotopic (exact) mass is 538 g/mol. The molecule has 1 aliphatic rings. The minimum atomic E-state index is -3.68. The number of cyclic esters (lactones) is 1. The Labute approximate surface area is 222 Å². The van der Waals surface area contributed by atoms with Crippen molar-refractivity contribution in [1.29, 1.82) is 0 Å². The van der Waals surface area contributed by atoms with E-state index in [1.54, 1.807) is 30.3 Å². The summed E-state index contributed by atoms with van der Waals surface area (Å²) in [7, 11) is -3.68. The van der Waals surface area contributed by atoms with Crippen LogP contribution in [0.25, 0.3) is 0 Å². The highest BCUT2D eigenvalue weighted by Crippen LogP contribution is 2.38. The molecule has 3 aromatic carbocycles. The summed E-state index contributed by atoms with van der Waals surface area (Å²) in [6.07, 6.45) is 2.42. The van der Waals surface area contributed by atoms with E-state index < -0.39 is 28.1 Å². The Kier molecular flexibility index (Phi) is 8.36. The van der Waals surface area contributed by atoms with Gasteiger partial charge in [-0.05, 0) is 67.6 Å². The number of esters is 1. The normalized spacial score (nSPS) is 14.9. The first-order valence-corrected chi connectivity index (χ1v) is 14.9. The summed E-state index contributed by atoms with van der Waals surface area (Å²) in [5.41, 5.74) is 1.87. The molecule has 1 heterocycles. The van der Waals surface area contributed by atoms with Gasteiger partial charge in [-0.25, -0.2) is 13.2 Å². The van der Waals surface area contributed by atoms with Crippen LogP contribution in [0.3, 0.4) is 0 Å². The number of benzene rings is 3. The first-order valence-electron chi connectivity index (χ1n) is 12.2. The van der Waals surface area contributed by atoms with Crippen molar-refractivity contribution in [2.45, 2.75) is 42.7 Å². The first-order chi connectivity index (χ1) is 17.8. The van der Waals surface area contributed by atoms with Gasteiger partial charge in [-0.15, -0.1) is 11.8 Å². The Bertz CT molecular complexity index is 1380. The van der Waals surface area contributed by atoms with Crippen molar-refractivity contribution in [1.82, 2.24) is 4.31 Å². The van der Waals surface area contributed by atoms with E-state index in [0.29, 0.717) is 42.7 Å². The smallest absolute Gasteiger partial charge is 0.340 e. The van der Waals surface area contributed by atoms with Crippen LogP contribution in [0.15, 0.2) is 82.6 Å². The highest BCUT2D eigenvalue weighted by molar-refractivity contribution is 7.98. The largest absolute Gasteiger partial charge is 0.433 e. The van der Waals surface area contributed by atoms with Crippen molar-refractivity contribution < 1.29 is 22.7 Å². The van der Waals surface area contributed by atoms with Crippen LogP contribution >= 0.6 is 11.8 Å². The van der Waals surface area contributed by atoms with E-state index in [1.807, 2.05) is 38.3 Å². The molecule has 4 rings (SSSR count). The predicted octanol–water partition coefficient (Wildman–Crippen LogP) is 5.74. The summed E-state index contributed by atoms with van der Waals surface area (Å²) >= 11 is 1.53. The van der Waals surface area contributed by atoms with Crippen molar-refractivity contribution in [3.05, 3.63) is 89.5 Å². The number of hydrogen-bond donors (Lipinski definition) is 0. The lowest BCUT2D eigenvalue weighted by atomic mass is 10.1. The Balaban J connectivity index is 1.73. The van der Waals surface area contributed by atoms with Gasteiger partial charge in [0.05, 0.1) is 10.5 Å². The highest BCUT2D eigenvalue weighted by atomic mass is 32.2. The molecule has 9 heteroatoms. The van der Waals surface area contributed by atoms with E-state index in [4.69, 9.17) is 4.74 Å². The van der Waals surface area contributed by atoms with Gasteiger partial charge in [-0.1, -0.05) is 38.1 Å². The molecule has 7 nitrogen and oxygen atoms in total. The zero-order valence-electron chi connectivity index (χ0n) is 21.1. The fourth-order valence-electron chi connectivity index (χ4n) is 4.35. The van der Waals surface area contributed by atoms with Gasteiger partial charge < -0.3 is 4.74 Å². The molecule has 0 saturated heterocycles. The Morgan fingerprint density at radius 1 is 0.946 bits per heavy atom. The zero-order valence-corrected chi connectivity index (χ0v) is 22.7. The average Bonchev–Trinajstić information content (AvgIpc) is 3.24. The van der Waals surface area contributed by atoms with Gasteiger partial charge in [0, 0.05) is 34.8 Å². The molecule has 0 radical (unpaired) electrons. The fourth-order valence-corrected chi connectivity index (χ4v) is 6.42. The van der Waals surface area contributed by atoms with E-state index in [9.17, 15) is 18.0 Å². The molecular weight excluding hydrogens is 508 g/mol. The van der Waals surface area contributed by atoms with E-state index in [1.165, 1.54) is 45.2 Å². The number of fused-ring (bicyclic) bond motifs is 1. The molecule has 0 aliphatic carbocycles. The Hall–Kier alpha value is -3.14. The highest BCUT2D eigenvalue weighted by Gasteiger charge is 2.38. The van der Waals surface area contributed by atoms with Gasteiger partial charge in [-0.3, -0.25) is 9.69 Å². The lowest BCUT2D eigenvalue weighted by Gasteiger charge is -2.29. The molecule has 194 valence electrons. The molecule has 1 aliphatic heterocycles. The molecular formula is C28H30N2O5S2. The molecule has 37 heavy (non-hydrogen) atoms. The molecule has 1 atom stereocenters. The number of rotatable bonds is 10. The van der Waals surface area contributed by atoms with Crippen LogP contribution in [0.4, 0.5) is 5.69 Å². The number of amides is 1. The van der Waals surface area contributed by atoms with E-state index >= 15 is 0 Å². The molecule has 0 saturated carbocycles. The SMILES string of the molecule is CCCN(CCC)S(=O)(=O)c1ccc(C(=O)N(c2cccc(SC)c2)[C@H]2OC(=O)c3ccccc32)cc1. The third kappa shape index (κ3) is 5.44. The predicted molar refractivity (Wildman–Crippen MR) is 145 cm³/mol. The lowest BCUT2D eigenvalue weighted by molar-refractivity contribution is 0.0372. The lowest BCUT2D eigenvalue weighted by Crippen LogP contribution is -2.35. The third-order valence-electron chi connectivity index (χ3n) is 6.14. The van der Waals surface area contributed by atoms with Crippen molar-refractivity contribution in [3.63, 3.8) is 0 Å². The van der Waals surface area contributed by atoms with Crippen molar-refractivity contribution >= 4 is 39.3 Å². The summed E-state index contributed by atoms with van der Waals surface area (Å²) in [5, 5.41) is 0. The van der Waals surface area contributed by atoms with Crippen molar-refractivity contribution in [2.75, 3.05) is 24.2 Å². The first kappa shape index (κ1) is 26.9.